The topological polar surface area (TPSA) is 71.4 Å². The SMILES string of the molecule is CC(CS(=O)(=O)C1CCCCCC1)C(=O)O. The largest absolute Gasteiger partial charge is 0.481 e. The van der Waals surface area contributed by atoms with E-state index in [0.717, 1.165) is 25.7 Å². The molecule has 0 radical (unpaired) electrons. The van der Waals surface area contributed by atoms with Crippen molar-refractivity contribution in [1.29, 1.82) is 0 Å². The van der Waals surface area contributed by atoms with Crippen LogP contribution >= 0.6 is 0 Å². The molecule has 0 aromatic carbocycles. The van der Waals surface area contributed by atoms with Gasteiger partial charge >= 0.3 is 5.97 Å². The van der Waals surface area contributed by atoms with Crippen LogP contribution in [-0.4, -0.2) is 30.5 Å². The summed E-state index contributed by atoms with van der Waals surface area (Å²) in [6.45, 7) is 1.45. The van der Waals surface area contributed by atoms with Crippen LogP contribution in [0.1, 0.15) is 45.4 Å². The second-order valence-electron chi connectivity index (χ2n) is 4.68. The fraction of sp³-hybridized carbons (Fsp3) is 0.909. The zero-order chi connectivity index (χ0) is 12.2. The number of aliphatic carboxylic acids is 1. The number of hydrogen-bond donors (Lipinski definition) is 1. The molecule has 1 N–H and O–H groups in total. The normalized spacial score (nSPS) is 21.3. The van der Waals surface area contributed by atoms with Crippen molar-refractivity contribution in [3.63, 3.8) is 0 Å². The van der Waals surface area contributed by atoms with Crippen molar-refractivity contribution >= 4 is 15.8 Å². The van der Waals surface area contributed by atoms with Crippen LogP contribution in [-0.2, 0) is 14.6 Å². The lowest BCUT2D eigenvalue weighted by Gasteiger charge is -2.16. The predicted molar refractivity (Wildman–Crippen MR) is 62.1 cm³/mol. The molecule has 0 saturated heterocycles. The minimum atomic E-state index is -3.23. The maximum Gasteiger partial charge on any atom is 0.307 e. The summed E-state index contributed by atoms with van der Waals surface area (Å²) in [6.07, 6.45) is 5.50. The first-order valence-corrected chi connectivity index (χ1v) is 7.59. The van der Waals surface area contributed by atoms with Gasteiger partial charge in [-0.05, 0) is 12.8 Å². The maximum atomic E-state index is 12.0. The molecule has 94 valence electrons. The van der Waals surface area contributed by atoms with Crippen molar-refractivity contribution in [1.82, 2.24) is 0 Å². The van der Waals surface area contributed by atoms with Crippen LogP contribution in [0.3, 0.4) is 0 Å². The molecule has 0 heterocycles. The van der Waals surface area contributed by atoms with E-state index in [1.165, 1.54) is 6.92 Å². The second-order valence-corrected chi connectivity index (χ2v) is 7.01. The summed E-state index contributed by atoms with van der Waals surface area (Å²) in [5, 5.41) is 8.43. The molecule has 0 amide bonds. The van der Waals surface area contributed by atoms with Crippen molar-refractivity contribution < 1.29 is 18.3 Å². The van der Waals surface area contributed by atoms with E-state index >= 15 is 0 Å². The van der Waals surface area contributed by atoms with Crippen LogP contribution in [0.5, 0.6) is 0 Å². The average Bonchev–Trinajstić information content (AvgIpc) is 2.45. The molecule has 0 aromatic heterocycles. The molecule has 0 aliphatic heterocycles. The molecular weight excluding hydrogens is 228 g/mol. The quantitative estimate of drug-likeness (QED) is 0.771. The summed E-state index contributed by atoms with van der Waals surface area (Å²) in [5.41, 5.74) is 0. The first-order chi connectivity index (χ1) is 7.43. The fourth-order valence-electron chi connectivity index (χ4n) is 2.16. The molecule has 1 fully saturated rings. The molecule has 0 bridgehead atoms. The average molecular weight is 248 g/mol. The van der Waals surface area contributed by atoms with Gasteiger partial charge < -0.3 is 5.11 Å². The lowest BCUT2D eigenvalue weighted by molar-refractivity contribution is -0.140. The maximum absolute atomic E-state index is 12.0. The molecule has 1 rings (SSSR count). The monoisotopic (exact) mass is 248 g/mol. The molecule has 0 aromatic rings. The molecule has 1 aliphatic rings. The highest BCUT2D eigenvalue weighted by Crippen LogP contribution is 2.24. The summed E-state index contributed by atoms with van der Waals surface area (Å²) in [6, 6.07) is 0. The van der Waals surface area contributed by atoms with E-state index in [-0.39, 0.29) is 11.0 Å². The molecule has 1 saturated carbocycles. The van der Waals surface area contributed by atoms with Gasteiger partial charge in [0.1, 0.15) is 0 Å². The lowest BCUT2D eigenvalue weighted by Crippen LogP contribution is -2.29. The Bertz CT molecular complexity index is 326. The van der Waals surface area contributed by atoms with E-state index in [1.807, 2.05) is 0 Å². The van der Waals surface area contributed by atoms with E-state index < -0.39 is 21.7 Å². The summed E-state index contributed by atoms with van der Waals surface area (Å²) in [5.74, 6) is -2.04. The third kappa shape index (κ3) is 3.77. The van der Waals surface area contributed by atoms with E-state index in [9.17, 15) is 13.2 Å². The van der Waals surface area contributed by atoms with Crippen LogP contribution in [0, 0.1) is 5.92 Å². The smallest absolute Gasteiger partial charge is 0.307 e. The number of carboxylic acid groups (broad SMARTS) is 1. The standard InChI is InChI=1S/C11H20O4S/c1-9(11(12)13)8-16(14,15)10-6-4-2-3-5-7-10/h9-10H,2-8H2,1H3,(H,12,13). The van der Waals surface area contributed by atoms with E-state index in [0.29, 0.717) is 12.8 Å². The van der Waals surface area contributed by atoms with Gasteiger partial charge in [0, 0.05) is 0 Å². The van der Waals surface area contributed by atoms with Crippen LogP contribution < -0.4 is 0 Å². The first kappa shape index (κ1) is 13.5. The van der Waals surface area contributed by atoms with Gasteiger partial charge in [-0.15, -0.1) is 0 Å². The Hall–Kier alpha value is -0.580. The molecule has 5 heteroatoms. The van der Waals surface area contributed by atoms with Gasteiger partial charge in [-0.1, -0.05) is 32.6 Å². The predicted octanol–water partition coefficient (Wildman–Crippen LogP) is 1.84. The highest BCUT2D eigenvalue weighted by Gasteiger charge is 2.29. The molecule has 4 nitrogen and oxygen atoms in total. The van der Waals surface area contributed by atoms with Crippen molar-refractivity contribution in [2.75, 3.05) is 5.75 Å². The van der Waals surface area contributed by atoms with Crippen LogP contribution in [0.25, 0.3) is 0 Å². The molecular formula is C11H20O4S. The molecule has 16 heavy (non-hydrogen) atoms. The van der Waals surface area contributed by atoms with E-state index in [2.05, 4.69) is 0 Å². The minimum absolute atomic E-state index is 0.215. The van der Waals surface area contributed by atoms with Crippen LogP contribution in [0.4, 0.5) is 0 Å². The Morgan fingerprint density at radius 3 is 2.19 bits per heavy atom. The summed E-state index contributed by atoms with van der Waals surface area (Å²) >= 11 is 0. The zero-order valence-electron chi connectivity index (χ0n) is 9.68. The number of hydrogen-bond acceptors (Lipinski definition) is 3. The van der Waals surface area contributed by atoms with E-state index in [1.54, 1.807) is 0 Å². The van der Waals surface area contributed by atoms with Crippen LogP contribution in [0.2, 0.25) is 0 Å². The molecule has 1 atom stereocenters. The van der Waals surface area contributed by atoms with Gasteiger partial charge in [0.05, 0.1) is 16.9 Å². The summed E-state index contributed by atoms with van der Waals surface area (Å²) in [4.78, 5) is 10.7. The Balaban J connectivity index is 2.64. The Morgan fingerprint density at radius 1 is 1.25 bits per heavy atom. The first-order valence-electron chi connectivity index (χ1n) is 5.88. The number of sulfone groups is 1. The fourth-order valence-corrected chi connectivity index (χ4v) is 4.32. The molecule has 1 aliphatic carbocycles. The van der Waals surface area contributed by atoms with Gasteiger partial charge in [0.2, 0.25) is 0 Å². The third-order valence-corrected chi connectivity index (χ3v) is 5.67. The number of carboxylic acids is 1. The van der Waals surface area contributed by atoms with Gasteiger partial charge in [-0.3, -0.25) is 4.79 Å². The van der Waals surface area contributed by atoms with Gasteiger partial charge in [0.15, 0.2) is 9.84 Å². The number of rotatable bonds is 4. The molecule has 1 unspecified atom stereocenters. The van der Waals surface area contributed by atoms with Crippen molar-refractivity contribution in [2.24, 2.45) is 5.92 Å². The third-order valence-electron chi connectivity index (χ3n) is 3.21. The second kappa shape index (κ2) is 5.66. The minimum Gasteiger partial charge on any atom is -0.481 e. The van der Waals surface area contributed by atoms with Crippen molar-refractivity contribution in [3.05, 3.63) is 0 Å². The highest BCUT2D eigenvalue weighted by molar-refractivity contribution is 7.92. The highest BCUT2D eigenvalue weighted by atomic mass is 32.2. The summed E-state index contributed by atoms with van der Waals surface area (Å²) in [7, 11) is -3.23. The van der Waals surface area contributed by atoms with Crippen LogP contribution in [0.15, 0.2) is 0 Å². The van der Waals surface area contributed by atoms with Gasteiger partial charge in [0.25, 0.3) is 0 Å². The van der Waals surface area contributed by atoms with Crippen molar-refractivity contribution in [2.45, 2.75) is 50.7 Å². The van der Waals surface area contributed by atoms with Gasteiger partial charge in [-0.25, -0.2) is 8.42 Å². The Kier molecular flexibility index (Phi) is 4.77. The van der Waals surface area contributed by atoms with Gasteiger partial charge in [-0.2, -0.15) is 0 Å². The lowest BCUT2D eigenvalue weighted by atomic mass is 10.2. The van der Waals surface area contributed by atoms with Crippen molar-refractivity contribution in [3.8, 4) is 0 Å². The Labute approximate surface area is 97.0 Å². The number of carbonyl (C=O) groups is 1. The Morgan fingerprint density at radius 2 is 1.75 bits per heavy atom. The zero-order valence-corrected chi connectivity index (χ0v) is 10.5. The molecule has 0 spiro atoms. The van der Waals surface area contributed by atoms with E-state index in [4.69, 9.17) is 5.11 Å². The summed E-state index contributed by atoms with van der Waals surface area (Å²) < 4.78 is 24.0.